The highest BCUT2D eigenvalue weighted by Gasteiger charge is 2.16. The zero-order valence-corrected chi connectivity index (χ0v) is 12.8. The Bertz CT molecular complexity index is 656. The number of nitrogens with two attached hydrogens (primary N) is 1. The van der Waals surface area contributed by atoms with Crippen LogP contribution in [0, 0.1) is 6.92 Å². The van der Waals surface area contributed by atoms with Crippen LogP contribution in [0.4, 0.5) is 11.4 Å². The van der Waals surface area contributed by atoms with Gasteiger partial charge in [-0.25, -0.2) is 0 Å². The van der Waals surface area contributed by atoms with E-state index in [0.29, 0.717) is 22.7 Å². The van der Waals surface area contributed by atoms with Crippen molar-refractivity contribution in [2.24, 2.45) is 0 Å². The first kappa shape index (κ1) is 14.4. The number of benzene rings is 2. The number of ether oxygens (including phenoxy) is 1. The first-order valence-corrected chi connectivity index (χ1v) is 6.82. The summed E-state index contributed by atoms with van der Waals surface area (Å²) >= 11 is 3.42. The number of carbonyl (C=O) groups is 1. The highest BCUT2D eigenvalue weighted by molar-refractivity contribution is 9.10. The first-order valence-electron chi connectivity index (χ1n) is 6.03. The molecule has 4 nitrogen and oxygen atoms in total. The van der Waals surface area contributed by atoms with Gasteiger partial charge in [0.1, 0.15) is 11.3 Å². The summed E-state index contributed by atoms with van der Waals surface area (Å²) in [6.45, 7) is 1.96. The molecular formula is C15H15BrN2O2. The highest BCUT2D eigenvalue weighted by Crippen LogP contribution is 2.26. The summed E-state index contributed by atoms with van der Waals surface area (Å²) in [4.78, 5) is 12.3. The van der Waals surface area contributed by atoms with Gasteiger partial charge >= 0.3 is 0 Å². The number of aryl methyl sites for hydroxylation is 1. The molecule has 0 aliphatic carbocycles. The van der Waals surface area contributed by atoms with Gasteiger partial charge in [-0.15, -0.1) is 0 Å². The average Bonchev–Trinajstić information content (AvgIpc) is 2.42. The van der Waals surface area contributed by atoms with Gasteiger partial charge in [-0.05, 0) is 42.8 Å². The molecule has 5 heteroatoms. The lowest BCUT2D eigenvalue weighted by Gasteiger charge is -2.12. The molecule has 0 atom stereocenters. The van der Waals surface area contributed by atoms with Gasteiger partial charge in [0, 0.05) is 15.8 Å². The van der Waals surface area contributed by atoms with Gasteiger partial charge in [0.05, 0.1) is 7.11 Å². The third kappa shape index (κ3) is 2.93. The predicted octanol–water partition coefficient (Wildman–Crippen LogP) is 3.60. The Morgan fingerprint density at radius 3 is 2.70 bits per heavy atom. The third-order valence-corrected chi connectivity index (χ3v) is 3.81. The molecule has 20 heavy (non-hydrogen) atoms. The number of hydrogen-bond donors (Lipinski definition) is 2. The molecule has 104 valence electrons. The average molecular weight is 335 g/mol. The van der Waals surface area contributed by atoms with Crippen molar-refractivity contribution < 1.29 is 9.53 Å². The molecule has 0 aliphatic heterocycles. The van der Waals surface area contributed by atoms with Crippen LogP contribution in [0.15, 0.2) is 40.9 Å². The summed E-state index contributed by atoms with van der Waals surface area (Å²) in [6.07, 6.45) is 0. The van der Waals surface area contributed by atoms with Crippen LogP contribution < -0.4 is 15.8 Å². The molecule has 0 radical (unpaired) electrons. The number of nitrogens with one attached hydrogen (secondary N) is 1. The molecule has 0 saturated heterocycles. The predicted molar refractivity (Wildman–Crippen MR) is 84.2 cm³/mol. The molecule has 2 aromatic carbocycles. The van der Waals surface area contributed by atoms with Crippen molar-refractivity contribution in [3.05, 3.63) is 52.0 Å². The van der Waals surface area contributed by atoms with E-state index in [1.54, 1.807) is 18.2 Å². The fourth-order valence-corrected chi connectivity index (χ4v) is 2.12. The van der Waals surface area contributed by atoms with Crippen LogP contribution in [0.3, 0.4) is 0 Å². The minimum absolute atomic E-state index is 0.290. The Hall–Kier alpha value is -2.01. The second-order valence-corrected chi connectivity index (χ2v) is 5.20. The van der Waals surface area contributed by atoms with Gasteiger partial charge in [0.2, 0.25) is 0 Å². The van der Waals surface area contributed by atoms with Crippen molar-refractivity contribution >= 4 is 33.2 Å². The lowest BCUT2D eigenvalue weighted by atomic mass is 10.1. The Morgan fingerprint density at radius 1 is 1.30 bits per heavy atom. The molecule has 0 saturated carbocycles. The van der Waals surface area contributed by atoms with Gasteiger partial charge in [-0.1, -0.05) is 22.0 Å². The number of methoxy groups -OCH3 is 1. The Kier molecular flexibility index (Phi) is 4.29. The van der Waals surface area contributed by atoms with Crippen LogP contribution >= 0.6 is 15.9 Å². The highest BCUT2D eigenvalue weighted by atomic mass is 79.9. The van der Waals surface area contributed by atoms with Crippen LogP contribution in [0.1, 0.15) is 15.9 Å². The van der Waals surface area contributed by atoms with Gasteiger partial charge < -0.3 is 15.8 Å². The molecule has 1 amide bonds. The van der Waals surface area contributed by atoms with Gasteiger partial charge in [-0.3, -0.25) is 4.79 Å². The molecule has 0 fully saturated rings. The Balaban J connectivity index is 2.30. The maximum absolute atomic E-state index is 12.3. The van der Waals surface area contributed by atoms with Crippen molar-refractivity contribution in [1.29, 1.82) is 0 Å². The van der Waals surface area contributed by atoms with E-state index in [9.17, 15) is 4.79 Å². The van der Waals surface area contributed by atoms with E-state index >= 15 is 0 Å². The standard InChI is InChI=1S/C15H15BrN2O2/c1-9-8-10(6-7-11(9)16)18-15(19)14-12(17)4-3-5-13(14)20-2/h3-8H,17H2,1-2H3,(H,18,19). The first-order chi connectivity index (χ1) is 9.52. The fourth-order valence-electron chi connectivity index (χ4n) is 1.88. The number of halogens is 1. The van der Waals surface area contributed by atoms with E-state index in [1.165, 1.54) is 7.11 Å². The summed E-state index contributed by atoms with van der Waals surface area (Å²) in [5, 5.41) is 2.82. The minimum atomic E-state index is -0.290. The molecule has 0 unspecified atom stereocenters. The number of nitrogen functional groups attached to an aromatic ring is 1. The second kappa shape index (κ2) is 5.96. The van der Waals surface area contributed by atoms with Gasteiger partial charge in [0.25, 0.3) is 5.91 Å². The van der Waals surface area contributed by atoms with E-state index in [1.807, 2.05) is 25.1 Å². The number of amides is 1. The van der Waals surface area contributed by atoms with Crippen LogP contribution in [0.2, 0.25) is 0 Å². The SMILES string of the molecule is COc1cccc(N)c1C(=O)Nc1ccc(Br)c(C)c1. The molecule has 2 rings (SSSR count). The van der Waals surface area contributed by atoms with Crippen molar-refractivity contribution in [3.8, 4) is 5.75 Å². The van der Waals surface area contributed by atoms with Gasteiger partial charge in [0.15, 0.2) is 0 Å². The lowest BCUT2D eigenvalue weighted by molar-refractivity contribution is 0.102. The Morgan fingerprint density at radius 2 is 2.05 bits per heavy atom. The maximum atomic E-state index is 12.3. The second-order valence-electron chi connectivity index (χ2n) is 4.34. The molecule has 3 N–H and O–H groups in total. The summed E-state index contributed by atoms with van der Waals surface area (Å²) in [7, 11) is 1.51. The van der Waals surface area contributed by atoms with E-state index in [4.69, 9.17) is 10.5 Å². The van der Waals surface area contributed by atoms with Crippen molar-refractivity contribution in [2.75, 3.05) is 18.2 Å². The molecule has 0 aromatic heterocycles. The number of carbonyl (C=O) groups excluding carboxylic acids is 1. The largest absolute Gasteiger partial charge is 0.496 e. The summed E-state index contributed by atoms with van der Waals surface area (Å²) in [5.41, 5.74) is 8.33. The molecule has 0 bridgehead atoms. The third-order valence-electron chi connectivity index (χ3n) is 2.92. The Labute approximate surface area is 126 Å². The summed E-state index contributed by atoms with van der Waals surface area (Å²) < 4.78 is 6.17. The zero-order chi connectivity index (χ0) is 14.7. The van der Waals surface area contributed by atoms with Crippen LogP contribution in [0.25, 0.3) is 0 Å². The normalized spacial score (nSPS) is 10.2. The molecule has 0 aliphatic rings. The summed E-state index contributed by atoms with van der Waals surface area (Å²) in [5.74, 6) is 0.165. The number of anilines is 2. The van der Waals surface area contributed by atoms with Crippen LogP contribution in [-0.4, -0.2) is 13.0 Å². The van der Waals surface area contributed by atoms with E-state index < -0.39 is 0 Å². The summed E-state index contributed by atoms with van der Waals surface area (Å²) in [6, 6.07) is 10.7. The quantitative estimate of drug-likeness (QED) is 0.843. The monoisotopic (exact) mass is 334 g/mol. The van der Waals surface area contributed by atoms with E-state index in [2.05, 4.69) is 21.2 Å². The van der Waals surface area contributed by atoms with Gasteiger partial charge in [-0.2, -0.15) is 0 Å². The lowest BCUT2D eigenvalue weighted by Crippen LogP contribution is -2.15. The van der Waals surface area contributed by atoms with Crippen LogP contribution in [0.5, 0.6) is 5.75 Å². The van der Waals surface area contributed by atoms with Crippen LogP contribution in [-0.2, 0) is 0 Å². The number of hydrogen-bond acceptors (Lipinski definition) is 3. The van der Waals surface area contributed by atoms with Crippen molar-refractivity contribution in [3.63, 3.8) is 0 Å². The smallest absolute Gasteiger partial charge is 0.261 e. The van der Waals surface area contributed by atoms with E-state index in [-0.39, 0.29) is 5.91 Å². The molecule has 2 aromatic rings. The minimum Gasteiger partial charge on any atom is -0.496 e. The maximum Gasteiger partial charge on any atom is 0.261 e. The molecule has 0 heterocycles. The van der Waals surface area contributed by atoms with E-state index in [0.717, 1.165) is 10.0 Å². The fraction of sp³-hybridized carbons (Fsp3) is 0.133. The molecule has 0 spiro atoms. The van der Waals surface area contributed by atoms with Crippen molar-refractivity contribution in [1.82, 2.24) is 0 Å². The van der Waals surface area contributed by atoms with Crippen molar-refractivity contribution in [2.45, 2.75) is 6.92 Å². The number of rotatable bonds is 3. The topological polar surface area (TPSA) is 64.3 Å². The molecular weight excluding hydrogens is 320 g/mol. The zero-order valence-electron chi connectivity index (χ0n) is 11.2.